The maximum atomic E-state index is 5.77. The molecule has 2 aromatic rings. The van der Waals surface area contributed by atoms with Crippen molar-refractivity contribution in [1.29, 1.82) is 0 Å². The van der Waals surface area contributed by atoms with Crippen LogP contribution in [-0.2, 0) is 13.5 Å². The molecule has 0 saturated carbocycles. The lowest BCUT2D eigenvalue weighted by molar-refractivity contribution is 0.423. The van der Waals surface area contributed by atoms with E-state index in [-0.39, 0.29) is 6.04 Å². The third-order valence-corrected chi connectivity index (χ3v) is 3.90. The lowest BCUT2D eigenvalue weighted by Gasteiger charge is -2.23. The minimum atomic E-state index is 0.0775. The Hall–Kier alpha value is -1.65. The van der Waals surface area contributed by atoms with Crippen LogP contribution in [0.25, 0.3) is 0 Å². The molecule has 2 atom stereocenters. The predicted octanol–water partition coefficient (Wildman–Crippen LogP) is 1.65. The summed E-state index contributed by atoms with van der Waals surface area (Å²) in [5.74, 6) is 7.18. The van der Waals surface area contributed by atoms with Crippen LogP contribution in [0.15, 0.2) is 36.7 Å². The number of rotatable bonds is 3. The second-order valence-electron chi connectivity index (χ2n) is 4.88. The zero-order valence-corrected chi connectivity index (χ0v) is 10.5. The van der Waals surface area contributed by atoms with Crippen LogP contribution in [0, 0.1) is 0 Å². The number of hydrazine groups is 1. The van der Waals surface area contributed by atoms with Gasteiger partial charge < -0.3 is 4.57 Å². The zero-order chi connectivity index (χ0) is 12.5. The summed E-state index contributed by atoms with van der Waals surface area (Å²) < 4.78 is 2.03. The van der Waals surface area contributed by atoms with Gasteiger partial charge >= 0.3 is 0 Å². The van der Waals surface area contributed by atoms with Gasteiger partial charge in [-0.3, -0.25) is 5.84 Å². The number of hydrogen-bond donors (Lipinski definition) is 2. The Bertz CT molecular complexity index is 546. The lowest BCUT2D eigenvalue weighted by Crippen LogP contribution is -2.33. The smallest absolute Gasteiger partial charge is 0.127 e. The summed E-state index contributed by atoms with van der Waals surface area (Å²) in [6, 6.07) is 8.70. The first-order valence-electron chi connectivity index (χ1n) is 6.32. The van der Waals surface area contributed by atoms with Crippen LogP contribution in [-0.4, -0.2) is 9.55 Å². The highest BCUT2D eigenvalue weighted by Crippen LogP contribution is 2.40. The number of nitrogens with zero attached hydrogens (tertiary/aromatic N) is 2. The maximum Gasteiger partial charge on any atom is 0.127 e. The van der Waals surface area contributed by atoms with Gasteiger partial charge in [0.15, 0.2) is 0 Å². The van der Waals surface area contributed by atoms with Crippen molar-refractivity contribution in [2.45, 2.75) is 24.8 Å². The minimum Gasteiger partial charge on any atom is -0.337 e. The molecule has 1 aliphatic carbocycles. The molecular weight excluding hydrogens is 224 g/mol. The maximum absolute atomic E-state index is 5.77. The molecule has 1 aromatic heterocycles. The third-order valence-electron chi connectivity index (χ3n) is 3.90. The Morgan fingerprint density at radius 1 is 1.44 bits per heavy atom. The van der Waals surface area contributed by atoms with Crippen molar-refractivity contribution in [3.8, 4) is 0 Å². The van der Waals surface area contributed by atoms with Gasteiger partial charge in [0, 0.05) is 25.4 Å². The largest absolute Gasteiger partial charge is 0.337 e. The SMILES string of the molecule is Cn1ccnc1C(NN)C1CCc2ccccc21. The van der Waals surface area contributed by atoms with E-state index >= 15 is 0 Å². The summed E-state index contributed by atoms with van der Waals surface area (Å²) in [6.45, 7) is 0. The average molecular weight is 242 g/mol. The zero-order valence-electron chi connectivity index (χ0n) is 10.5. The van der Waals surface area contributed by atoms with E-state index in [9.17, 15) is 0 Å². The second kappa shape index (κ2) is 4.55. The first kappa shape index (κ1) is 11.4. The van der Waals surface area contributed by atoms with Crippen LogP contribution in [0.3, 0.4) is 0 Å². The molecule has 0 spiro atoms. The lowest BCUT2D eigenvalue weighted by atomic mass is 9.93. The standard InChI is InChI=1S/C14H18N4/c1-18-9-8-16-14(18)13(17-15)12-7-6-10-4-2-3-5-11(10)12/h2-5,8-9,12-13,17H,6-7,15H2,1H3. The normalized spacial score (nSPS) is 19.8. The second-order valence-corrected chi connectivity index (χ2v) is 4.88. The number of imidazole rings is 1. The molecule has 18 heavy (non-hydrogen) atoms. The number of nitrogens with one attached hydrogen (secondary N) is 1. The van der Waals surface area contributed by atoms with E-state index in [1.807, 2.05) is 24.0 Å². The molecule has 3 rings (SSSR count). The Morgan fingerprint density at radius 3 is 3.00 bits per heavy atom. The predicted molar refractivity (Wildman–Crippen MR) is 70.8 cm³/mol. The van der Waals surface area contributed by atoms with E-state index in [0.717, 1.165) is 18.7 Å². The molecule has 94 valence electrons. The molecular formula is C14H18N4. The summed E-state index contributed by atoms with van der Waals surface area (Å²) in [7, 11) is 2.01. The molecule has 1 aliphatic rings. The molecule has 4 nitrogen and oxygen atoms in total. The fraction of sp³-hybridized carbons (Fsp3) is 0.357. The Kier molecular flexibility index (Phi) is 2.89. The van der Waals surface area contributed by atoms with Crippen molar-refractivity contribution in [3.63, 3.8) is 0 Å². The number of hydrogen-bond acceptors (Lipinski definition) is 3. The first-order chi connectivity index (χ1) is 8.81. The van der Waals surface area contributed by atoms with Crippen molar-refractivity contribution in [1.82, 2.24) is 15.0 Å². The number of aromatic nitrogens is 2. The molecule has 3 N–H and O–H groups in total. The topological polar surface area (TPSA) is 55.9 Å². The van der Waals surface area contributed by atoms with E-state index in [1.54, 1.807) is 0 Å². The van der Waals surface area contributed by atoms with Gasteiger partial charge in [-0.2, -0.15) is 0 Å². The van der Waals surface area contributed by atoms with E-state index in [0.29, 0.717) is 5.92 Å². The quantitative estimate of drug-likeness (QED) is 0.635. The molecule has 0 amide bonds. The van der Waals surface area contributed by atoms with E-state index in [4.69, 9.17) is 5.84 Å². The van der Waals surface area contributed by atoms with Crippen molar-refractivity contribution in [3.05, 3.63) is 53.6 Å². The van der Waals surface area contributed by atoms with Gasteiger partial charge in [0.2, 0.25) is 0 Å². The molecule has 0 fully saturated rings. The summed E-state index contributed by atoms with van der Waals surface area (Å²) in [5.41, 5.74) is 5.79. The van der Waals surface area contributed by atoms with Crippen LogP contribution in [0.1, 0.15) is 35.3 Å². The van der Waals surface area contributed by atoms with Gasteiger partial charge in [0.05, 0.1) is 6.04 Å². The molecule has 4 heteroatoms. The molecule has 1 aromatic carbocycles. The van der Waals surface area contributed by atoms with E-state index in [1.165, 1.54) is 11.1 Å². The van der Waals surface area contributed by atoms with Crippen LogP contribution < -0.4 is 11.3 Å². The Labute approximate surface area is 107 Å². The monoisotopic (exact) mass is 242 g/mol. The van der Waals surface area contributed by atoms with Gasteiger partial charge in [-0.1, -0.05) is 24.3 Å². The van der Waals surface area contributed by atoms with Crippen LogP contribution in [0.4, 0.5) is 0 Å². The summed E-state index contributed by atoms with van der Waals surface area (Å²) in [5, 5.41) is 0. The average Bonchev–Trinajstić information content (AvgIpc) is 2.99. The summed E-state index contributed by atoms with van der Waals surface area (Å²) >= 11 is 0. The van der Waals surface area contributed by atoms with Crippen molar-refractivity contribution in [2.75, 3.05) is 0 Å². The minimum absolute atomic E-state index is 0.0775. The summed E-state index contributed by atoms with van der Waals surface area (Å²) in [4.78, 5) is 4.42. The molecule has 0 radical (unpaired) electrons. The molecule has 2 unspecified atom stereocenters. The van der Waals surface area contributed by atoms with E-state index < -0.39 is 0 Å². The van der Waals surface area contributed by atoms with Crippen LogP contribution >= 0.6 is 0 Å². The molecule has 0 bridgehead atoms. The Balaban J connectivity index is 1.98. The first-order valence-corrected chi connectivity index (χ1v) is 6.32. The highest BCUT2D eigenvalue weighted by molar-refractivity contribution is 5.36. The number of aryl methyl sites for hydroxylation is 2. The fourth-order valence-corrected chi connectivity index (χ4v) is 2.98. The van der Waals surface area contributed by atoms with Gasteiger partial charge in [0.1, 0.15) is 5.82 Å². The van der Waals surface area contributed by atoms with Crippen LogP contribution in [0.2, 0.25) is 0 Å². The van der Waals surface area contributed by atoms with Crippen molar-refractivity contribution >= 4 is 0 Å². The molecule has 0 saturated heterocycles. The molecule has 1 heterocycles. The third kappa shape index (κ3) is 1.74. The van der Waals surface area contributed by atoms with Gasteiger partial charge in [-0.05, 0) is 24.0 Å². The van der Waals surface area contributed by atoms with Gasteiger partial charge in [0.25, 0.3) is 0 Å². The Morgan fingerprint density at radius 2 is 2.28 bits per heavy atom. The summed E-state index contributed by atoms with van der Waals surface area (Å²) in [6.07, 6.45) is 6.03. The number of nitrogens with two attached hydrogens (primary N) is 1. The van der Waals surface area contributed by atoms with Crippen LogP contribution in [0.5, 0.6) is 0 Å². The van der Waals surface area contributed by atoms with Crippen molar-refractivity contribution in [2.24, 2.45) is 12.9 Å². The van der Waals surface area contributed by atoms with E-state index in [2.05, 4.69) is 34.7 Å². The number of fused-ring (bicyclic) bond motifs is 1. The van der Waals surface area contributed by atoms with Crippen molar-refractivity contribution < 1.29 is 0 Å². The highest BCUT2D eigenvalue weighted by Gasteiger charge is 2.31. The highest BCUT2D eigenvalue weighted by atomic mass is 15.3. The van der Waals surface area contributed by atoms with Gasteiger partial charge in [-0.25, -0.2) is 10.4 Å². The van der Waals surface area contributed by atoms with Gasteiger partial charge in [-0.15, -0.1) is 0 Å². The molecule has 0 aliphatic heterocycles. The fourth-order valence-electron chi connectivity index (χ4n) is 2.98. The number of benzene rings is 1.